The first-order chi connectivity index (χ1) is 11.2. The number of aliphatic hydroxyl groups excluding tert-OH is 1. The molecule has 0 unspecified atom stereocenters. The number of rotatable bonds is 1. The summed E-state index contributed by atoms with van der Waals surface area (Å²) in [5, 5.41) is 10.5. The lowest BCUT2D eigenvalue weighted by Crippen LogP contribution is -2.35. The Balaban J connectivity index is 2.15. The zero-order valence-electron chi connectivity index (χ0n) is 14.2. The molecule has 126 valence electrons. The van der Waals surface area contributed by atoms with E-state index in [2.05, 4.69) is 0 Å². The molecule has 0 bridgehead atoms. The van der Waals surface area contributed by atoms with E-state index in [4.69, 9.17) is 13.9 Å². The van der Waals surface area contributed by atoms with E-state index in [0.717, 1.165) is 16.5 Å². The predicted molar refractivity (Wildman–Crippen MR) is 90.8 cm³/mol. The van der Waals surface area contributed by atoms with Crippen LogP contribution in [0, 0.1) is 0 Å². The smallest absolute Gasteiger partial charge is 0.336 e. The Morgan fingerprint density at radius 2 is 1.92 bits per heavy atom. The topological polar surface area (TPSA) is 68.9 Å². The van der Waals surface area contributed by atoms with Crippen molar-refractivity contribution in [1.29, 1.82) is 0 Å². The lowest BCUT2D eigenvalue weighted by Gasteiger charge is -2.30. The first-order valence-electron chi connectivity index (χ1n) is 8.04. The first-order valence-corrected chi connectivity index (χ1v) is 8.04. The van der Waals surface area contributed by atoms with Crippen LogP contribution in [-0.2, 0) is 5.41 Å². The second kappa shape index (κ2) is 4.63. The number of fused-ring (bicyclic) bond motifs is 6. The molecule has 1 aromatic heterocycles. The van der Waals surface area contributed by atoms with E-state index >= 15 is 0 Å². The monoisotopic (exact) mass is 328 g/mol. The van der Waals surface area contributed by atoms with Crippen LogP contribution in [0.15, 0.2) is 27.4 Å². The van der Waals surface area contributed by atoms with Gasteiger partial charge in [-0.1, -0.05) is 13.8 Å². The minimum Gasteiger partial charge on any atom is -0.486 e. The molecular weight excluding hydrogens is 308 g/mol. The summed E-state index contributed by atoms with van der Waals surface area (Å²) in [6.07, 6.45) is 3.55. The van der Waals surface area contributed by atoms with Gasteiger partial charge in [0, 0.05) is 17.0 Å². The van der Waals surface area contributed by atoms with Gasteiger partial charge in [0.1, 0.15) is 28.8 Å². The maximum absolute atomic E-state index is 11.8. The van der Waals surface area contributed by atoms with Gasteiger partial charge >= 0.3 is 5.63 Å². The van der Waals surface area contributed by atoms with Gasteiger partial charge in [0.25, 0.3) is 0 Å². The summed E-state index contributed by atoms with van der Waals surface area (Å²) < 4.78 is 17.7. The highest BCUT2D eigenvalue weighted by atomic mass is 16.5. The van der Waals surface area contributed by atoms with E-state index in [9.17, 15) is 9.90 Å². The highest BCUT2D eigenvalue weighted by Crippen LogP contribution is 2.53. The van der Waals surface area contributed by atoms with Crippen LogP contribution in [0.5, 0.6) is 11.5 Å². The fourth-order valence-electron chi connectivity index (χ4n) is 3.53. The van der Waals surface area contributed by atoms with Crippen LogP contribution in [-0.4, -0.2) is 23.4 Å². The van der Waals surface area contributed by atoms with Gasteiger partial charge in [-0.3, -0.25) is 0 Å². The summed E-state index contributed by atoms with van der Waals surface area (Å²) in [6, 6.07) is 3.13. The standard InChI is InChI=1S/C19H20O5/c1-18(2)8-7-11-15(24-18)10-5-6-13(21)23-17(10)14-16(11)22-12(9-20)19(14,3)4/h5-8,12,20H,9H2,1-4H3/t12-/m1/s1. The summed E-state index contributed by atoms with van der Waals surface area (Å²) in [4.78, 5) is 11.8. The van der Waals surface area contributed by atoms with E-state index in [1.165, 1.54) is 6.07 Å². The number of aliphatic hydroxyl groups is 1. The van der Waals surface area contributed by atoms with Crippen LogP contribution in [0.25, 0.3) is 17.0 Å². The molecule has 0 amide bonds. The molecule has 1 aromatic carbocycles. The van der Waals surface area contributed by atoms with Crippen molar-refractivity contribution in [2.75, 3.05) is 6.61 Å². The molecule has 1 N–H and O–H groups in total. The summed E-state index contributed by atoms with van der Waals surface area (Å²) in [7, 11) is 0. The molecule has 4 rings (SSSR count). The second-order valence-corrected chi connectivity index (χ2v) is 7.49. The van der Waals surface area contributed by atoms with Crippen molar-refractivity contribution in [3.63, 3.8) is 0 Å². The van der Waals surface area contributed by atoms with E-state index in [1.807, 2.05) is 39.8 Å². The number of hydrogen-bond acceptors (Lipinski definition) is 5. The molecule has 3 heterocycles. The zero-order chi connectivity index (χ0) is 17.3. The van der Waals surface area contributed by atoms with Gasteiger partial charge in [-0.15, -0.1) is 0 Å². The van der Waals surface area contributed by atoms with Crippen LogP contribution in [0.1, 0.15) is 38.8 Å². The molecule has 0 fully saturated rings. The predicted octanol–water partition coefficient (Wildman–Crippen LogP) is 3.01. The third kappa shape index (κ3) is 1.94. The van der Waals surface area contributed by atoms with Gasteiger partial charge in [-0.25, -0.2) is 4.79 Å². The number of hydrogen-bond donors (Lipinski definition) is 1. The molecule has 5 heteroatoms. The van der Waals surface area contributed by atoms with Crippen molar-refractivity contribution in [1.82, 2.24) is 0 Å². The van der Waals surface area contributed by atoms with Gasteiger partial charge in [0.05, 0.1) is 17.6 Å². The van der Waals surface area contributed by atoms with Crippen LogP contribution in [0.4, 0.5) is 0 Å². The summed E-state index contributed by atoms with van der Waals surface area (Å²) >= 11 is 0. The Hall–Kier alpha value is -2.27. The van der Waals surface area contributed by atoms with Crippen molar-refractivity contribution < 1.29 is 19.0 Å². The van der Waals surface area contributed by atoms with Gasteiger partial charge in [0.15, 0.2) is 0 Å². The molecule has 2 aromatic rings. The van der Waals surface area contributed by atoms with Crippen LogP contribution in [0.3, 0.4) is 0 Å². The third-order valence-electron chi connectivity index (χ3n) is 4.91. The Morgan fingerprint density at radius 3 is 2.62 bits per heavy atom. The van der Waals surface area contributed by atoms with Crippen molar-refractivity contribution in [2.45, 2.75) is 44.8 Å². The lowest BCUT2D eigenvalue weighted by atomic mass is 9.79. The van der Waals surface area contributed by atoms with Gasteiger partial charge < -0.3 is 19.0 Å². The summed E-state index contributed by atoms with van der Waals surface area (Å²) in [5.74, 6) is 1.28. The van der Waals surface area contributed by atoms with E-state index in [1.54, 1.807) is 6.07 Å². The maximum Gasteiger partial charge on any atom is 0.336 e. The lowest BCUT2D eigenvalue weighted by molar-refractivity contribution is 0.0881. The van der Waals surface area contributed by atoms with Crippen LogP contribution >= 0.6 is 0 Å². The molecule has 0 spiro atoms. The highest BCUT2D eigenvalue weighted by Gasteiger charge is 2.46. The molecular formula is C19H20O5. The Kier molecular flexibility index (Phi) is 2.95. The van der Waals surface area contributed by atoms with Crippen molar-refractivity contribution in [3.8, 4) is 11.5 Å². The molecule has 0 radical (unpaired) electrons. The molecule has 2 aliphatic heterocycles. The van der Waals surface area contributed by atoms with E-state index in [0.29, 0.717) is 17.1 Å². The van der Waals surface area contributed by atoms with E-state index in [-0.39, 0.29) is 6.61 Å². The zero-order valence-corrected chi connectivity index (χ0v) is 14.2. The molecule has 2 aliphatic rings. The van der Waals surface area contributed by atoms with Crippen molar-refractivity contribution in [2.24, 2.45) is 0 Å². The fraction of sp³-hybridized carbons (Fsp3) is 0.421. The average molecular weight is 328 g/mol. The molecule has 0 saturated heterocycles. The Labute approximate surface area is 139 Å². The average Bonchev–Trinajstić information content (AvgIpc) is 2.77. The van der Waals surface area contributed by atoms with Gasteiger partial charge in [-0.2, -0.15) is 0 Å². The second-order valence-electron chi connectivity index (χ2n) is 7.49. The van der Waals surface area contributed by atoms with Crippen LogP contribution < -0.4 is 15.1 Å². The molecule has 5 nitrogen and oxygen atoms in total. The van der Waals surface area contributed by atoms with E-state index < -0.39 is 22.7 Å². The first kappa shape index (κ1) is 15.3. The molecule has 24 heavy (non-hydrogen) atoms. The van der Waals surface area contributed by atoms with Crippen molar-refractivity contribution >= 4 is 17.0 Å². The Bertz CT molecular complexity index is 933. The van der Waals surface area contributed by atoms with Gasteiger partial charge in [0.2, 0.25) is 0 Å². The SMILES string of the molecule is CC1(C)C=Cc2c3c(c4oc(=O)ccc4c2O1)C(C)(C)[C@@H](CO)O3. The van der Waals surface area contributed by atoms with Crippen LogP contribution in [0.2, 0.25) is 0 Å². The normalized spacial score (nSPS) is 22.6. The molecule has 1 atom stereocenters. The largest absolute Gasteiger partial charge is 0.486 e. The fourth-order valence-corrected chi connectivity index (χ4v) is 3.53. The third-order valence-corrected chi connectivity index (χ3v) is 4.91. The van der Waals surface area contributed by atoms with Gasteiger partial charge in [-0.05, 0) is 32.1 Å². The highest BCUT2D eigenvalue weighted by molar-refractivity contribution is 5.95. The number of benzene rings is 1. The minimum atomic E-state index is -0.491. The maximum atomic E-state index is 11.8. The molecule has 0 aliphatic carbocycles. The quantitative estimate of drug-likeness (QED) is 0.815. The summed E-state index contributed by atoms with van der Waals surface area (Å²) in [6.45, 7) is 7.77. The van der Waals surface area contributed by atoms with Crippen molar-refractivity contribution in [3.05, 3.63) is 39.8 Å². The minimum absolute atomic E-state index is 0.120. The summed E-state index contributed by atoms with van der Waals surface area (Å²) in [5.41, 5.74) is 0.738. The number of ether oxygens (including phenoxy) is 2. The Morgan fingerprint density at radius 1 is 1.17 bits per heavy atom. The molecule has 0 saturated carbocycles.